The third kappa shape index (κ3) is 2.61. The maximum Gasteiger partial charge on any atom is 0.253 e. The Bertz CT molecular complexity index is 473. The highest BCUT2D eigenvalue weighted by molar-refractivity contribution is 5.86. The highest BCUT2D eigenvalue weighted by Gasteiger charge is 2.40. The standard InChI is InChI=1S/C14H18N2O3/c1-15(2)14(18)13-12(10-7-5-4-6-8-10)16(3)11(17)9-19-13/h4-8,12-13H,9H2,1-3H3/t12-,13-/m0/s1. The van der Waals surface area contributed by atoms with E-state index in [1.807, 2.05) is 30.3 Å². The van der Waals surface area contributed by atoms with E-state index in [0.717, 1.165) is 5.56 Å². The van der Waals surface area contributed by atoms with E-state index in [9.17, 15) is 9.59 Å². The molecule has 102 valence electrons. The molecule has 2 rings (SSSR count). The van der Waals surface area contributed by atoms with Gasteiger partial charge in [0.05, 0.1) is 6.04 Å². The molecular weight excluding hydrogens is 244 g/mol. The van der Waals surface area contributed by atoms with Crippen LogP contribution < -0.4 is 0 Å². The molecule has 1 aromatic rings. The molecule has 5 heteroatoms. The molecule has 19 heavy (non-hydrogen) atoms. The average Bonchev–Trinajstić information content (AvgIpc) is 2.41. The van der Waals surface area contributed by atoms with Gasteiger partial charge in [-0.15, -0.1) is 0 Å². The van der Waals surface area contributed by atoms with Crippen molar-refractivity contribution in [3.63, 3.8) is 0 Å². The second-order valence-corrected chi connectivity index (χ2v) is 4.82. The van der Waals surface area contributed by atoms with Gasteiger partial charge in [-0.3, -0.25) is 9.59 Å². The summed E-state index contributed by atoms with van der Waals surface area (Å²) in [4.78, 5) is 27.1. The van der Waals surface area contributed by atoms with E-state index in [1.54, 1.807) is 26.0 Å². The van der Waals surface area contributed by atoms with Crippen molar-refractivity contribution < 1.29 is 14.3 Å². The lowest BCUT2D eigenvalue weighted by molar-refractivity contribution is -0.166. The zero-order valence-electron chi connectivity index (χ0n) is 11.4. The van der Waals surface area contributed by atoms with Gasteiger partial charge in [0.1, 0.15) is 6.61 Å². The summed E-state index contributed by atoms with van der Waals surface area (Å²) in [7, 11) is 5.08. The van der Waals surface area contributed by atoms with Crippen LogP contribution >= 0.6 is 0 Å². The van der Waals surface area contributed by atoms with Crippen molar-refractivity contribution in [2.45, 2.75) is 12.1 Å². The molecule has 0 N–H and O–H groups in total. The first-order chi connectivity index (χ1) is 9.02. The SMILES string of the molecule is CN(C)C(=O)[C@H]1OCC(=O)N(C)[C@H]1c1ccccc1. The Labute approximate surface area is 112 Å². The number of morpholine rings is 1. The Morgan fingerprint density at radius 3 is 2.53 bits per heavy atom. The molecule has 1 aliphatic rings. The molecule has 0 saturated carbocycles. The van der Waals surface area contributed by atoms with Crippen molar-refractivity contribution >= 4 is 11.8 Å². The smallest absolute Gasteiger partial charge is 0.253 e. The molecule has 0 spiro atoms. The lowest BCUT2D eigenvalue weighted by atomic mass is 9.97. The number of hydrogen-bond acceptors (Lipinski definition) is 3. The van der Waals surface area contributed by atoms with E-state index < -0.39 is 6.10 Å². The number of nitrogens with zero attached hydrogens (tertiary/aromatic N) is 2. The van der Waals surface area contributed by atoms with Crippen LogP contribution in [0.2, 0.25) is 0 Å². The predicted octanol–water partition coefficient (Wildman–Crippen LogP) is 0.673. The van der Waals surface area contributed by atoms with Gasteiger partial charge >= 0.3 is 0 Å². The molecule has 5 nitrogen and oxygen atoms in total. The summed E-state index contributed by atoms with van der Waals surface area (Å²) in [5.74, 6) is -0.245. The van der Waals surface area contributed by atoms with Crippen molar-refractivity contribution in [2.24, 2.45) is 0 Å². The minimum absolute atomic E-state index is 0.0515. The molecule has 0 aliphatic carbocycles. The van der Waals surface area contributed by atoms with E-state index in [4.69, 9.17) is 4.74 Å². The number of hydrogen-bond donors (Lipinski definition) is 0. The zero-order valence-corrected chi connectivity index (χ0v) is 11.4. The number of ether oxygens (including phenoxy) is 1. The summed E-state index contributed by atoms with van der Waals surface area (Å²) >= 11 is 0. The van der Waals surface area contributed by atoms with Crippen LogP contribution in [-0.4, -0.2) is 55.5 Å². The quantitative estimate of drug-likeness (QED) is 0.787. The first kappa shape index (κ1) is 13.5. The molecule has 1 fully saturated rings. The minimum Gasteiger partial charge on any atom is -0.356 e. The molecule has 0 radical (unpaired) electrons. The summed E-state index contributed by atoms with van der Waals surface area (Å²) in [6.07, 6.45) is -0.653. The summed E-state index contributed by atoms with van der Waals surface area (Å²) in [5, 5.41) is 0. The minimum atomic E-state index is -0.653. The molecule has 0 bridgehead atoms. The van der Waals surface area contributed by atoms with E-state index in [1.165, 1.54) is 4.90 Å². The fourth-order valence-corrected chi connectivity index (χ4v) is 2.22. The number of carbonyl (C=O) groups excluding carboxylic acids is 2. The Kier molecular flexibility index (Phi) is 3.85. The fourth-order valence-electron chi connectivity index (χ4n) is 2.22. The van der Waals surface area contributed by atoms with Crippen LogP contribution in [0.4, 0.5) is 0 Å². The van der Waals surface area contributed by atoms with Crippen molar-refractivity contribution in [1.82, 2.24) is 9.80 Å². The number of benzene rings is 1. The molecule has 1 saturated heterocycles. The van der Waals surface area contributed by atoms with Gasteiger partial charge in [0.15, 0.2) is 6.10 Å². The largest absolute Gasteiger partial charge is 0.356 e. The van der Waals surface area contributed by atoms with Gasteiger partial charge in [0.25, 0.3) is 5.91 Å². The van der Waals surface area contributed by atoms with Crippen LogP contribution in [0.3, 0.4) is 0 Å². The van der Waals surface area contributed by atoms with Crippen molar-refractivity contribution in [3.8, 4) is 0 Å². The molecule has 0 aromatic heterocycles. The lowest BCUT2D eigenvalue weighted by Gasteiger charge is -2.39. The molecule has 1 aromatic carbocycles. The van der Waals surface area contributed by atoms with Gasteiger partial charge in [0, 0.05) is 21.1 Å². The van der Waals surface area contributed by atoms with E-state index in [-0.39, 0.29) is 24.5 Å². The maximum atomic E-state index is 12.2. The van der Waals surface area contributed by atoms with Crippen LogP contribution in [0.25, 0.3) is 0 Å². The molecule has 1 heterocycles. The molecule has 2 amide bonds. The van der Waals surface area contributed by atoms with Crippen molar-refractivity contribution in [3.05, 3.63) is 35.9 Å². The molecule has 0 unspecified atom stereocenters. The third-order valence-electron chi connectivity index (χ3n) is 3.31. The second kappa shape index (κ2) is 5.40. The molecular formula is C14H18N2O3. The van der Waals surface area contributed by atoms with Crippen molar-refractivity contribution in [2.75, 3.05) is 27.7 Å². The summed E-state index contributed by atoms with van der Waals surface area (Å²) in [5.41, 5.74) is 0.901. The fraction of sp³-hybridized carbons (Fsp3) is 0.429. The Morgan fingerprint density at radius 1 is 1.32 bits per heavy atom. The van der Waals surface area contributed by atoms with E-state index in [2.05, 4.69) is 0 Å². The summed E-state index contributed by atoms with van der Waals surface area (Å²) in [6.45, 7) is -0.0515. The Hall–Kier alpha value is -1.88. The third-order valence-corrected chi connectivity index (χ3v) is 3.31. The number of likely N-dealkylation sites (N-methyl/N-ethyl adjacent to an activating group) is 2. The highest BCUT2D eigenvalue weighted by atomic mass is 16.5. The topological polar surface area (TPSA) is 49.9 Å². The van der Waals surface area contributed by atoms with Gasteiger partial charge in [0.2, 0.25) is 5.91 Å². The first-order valence-corrected chi connectivity index (χ1v) is 6.15. The van der Waals surface area contributed by atoms with Crippen LogP contribution in [0.1, 0.15) is 11.6 Å². The van der Waals surface area contributed by atoms with Gasteiger partial charge in [-0.25, -0.2) is 0 Å². The number of carbonyl (C=O) groups is 2. The number of rotatable bonds is 2. The molecule has 2 atom stereocenters. The lowest BCUT2D eigenvalue weighted by Crippen LogP contribution is -2.52. The normalized spacial score (nSPS) is 23.3. The summed E-state index contributed by atoms with van der Waals surface area (Å²) in [6, 6.07) is 9.10. The van der Waals surface area contributed by atoms with E-state index in [0.29, 0.717) is 0 Å². The van der Waals surface area contributed by atoms with E-state index >= 15 is 0 Å². The van der Waals surface area contributed by atoms with Crippen LogP contribution in [0, 0.1) is 0 Å². The monoisotopic (exact) mass is 262 g/mol. The van der Waals surface area contributed by atoms with Gasteiger partial charge < -0.3 is 14.5 Å². The first-order valence-electron chi connectivity index (χ1n) is 6.15. The molecule has 1 aliphatic heterocycles. The zero-order chi connectivity index (χ0) is 14.0. The van der Waals surface area contributed by atoms with Gasteiger partial charge in [-0.05, 0) is 5.56 Å². The Balaban J connectivity index is 2.36. The van der Waals surface area contributed by atoms with Gasteiger partial charge in [-0.2, -0.15) is 0 Å². The van der Waals surface area contributed by atoms with Crippen LogP contribution in [0.15, 0.2) is 30.3 Å². The average molecular weight is 262 g/mol. The second-order valence-electron chi connectivity index (χ2n) is 4.82. The van der Waals surface area contributed by atoms with Crippen LogP contribution in [0.5, 0.6) is 0 Å². The van der Waals surface area contributed by atoms with Crippen molar-refractivity contribution in [1.29, 1.82) is 0 Å². The predicted molar refractivity (Wildman–Crippen MR) is 70.4 cm³/mol. The number of amides is 2. The highest BCUT2D eigenvalue weighted by Crippen LogP contribution is 2.29. The van der Waals surface area contributed by atoms with Gasteiger partial charge in [-0.1, -0.05) is 30.3 Å². The maximum absolute atomic E-state index is 12.2. The summed E-state index contributed by atoms with van der Waals surface area (Å²) < 4.78 is 5.47. The Morgan fingerprint density at radius 2 is 1.95 bits per heavy atom. The van der Waals surface area contributed by atoms with Crippen LogP contribution in [-0.2, 0) is 14.3 Å².